The van der Waals surface area contributed by atoms with E-state index in [2.05, 4.69) is 10.0 Å². The van der Waals surface area contributed by atoms with E-state index in [1.807, 2.05) is 0 Å². The van der Waals surface area contributed by atoms with Crippen molar-refractivity contribution in [3.8, 4) is 5.75 Å². The smallest absolute Gasteiger partial charge is 0.303 e. The standard InChI is InChI=1S/C18H20ClN3O8/c1-9(23)26-8-14-16(27-10(2)24)15(21-22-20)17(28-11(3)25)18(30-14)29-13-6-4-12(19)5-7-13/h4-7,14-18H,8H2,1-3H3/t14?,15?,16-,17?,18-/m0/s1. The lowest BCUT2D eigenvalue weighted by Gasteiger charge is -2.43. The van der Waals surface area contributed by atoms with Gasteiger partial charge < -0.3 is 23.7 Å². The van der Waals surface area contributed by atoms with Crippen LogP contribution in [0.3, 0.4) is 0 Å². The van der Waals surface area contributed by atoms with Crippen LogP contribution in [0.5, 0.6) is 5.75 Å². The molecule has 0 aromatic heterocycles. The maximum Gasteiger partial charge on any atom is 0.303 e. The number of hydrogen-bond donors (Lipinski definition) is 0. The van der Waals surface area contributed by atoms with Gasteiger partial charge in [0.05, 0.1) is 0 Å². The molecule has 162 valence electrons. The van der Waals surface area contributed by atoms with Crippen molar-refractivity contribution in [2.24, 2.45) is 5.11 Å². The highest BCUT2D eigenvalue weighted by Crippen LogP contribution is 2.31. The third kappa shape index (κ3) is 6.51. The topological polar surface area (TPSA) is 146 Å². The van der Waals surface area contributed by atoms with Gasteiger partial charge in [0.1, 0.15) is 30.6 Å². The molecule has 1 aromatic rings. The van der Waals surface area contributed by atoms with E-state index in [4.69, 9.17) is 40.8 Å². The SMILES string of the molecule is CC(=O)OCC1O[C@H](Oc2ccc(Cl)cc2)C(OC(C)=O)C(N=[N+]=[N-])[C@H]1OC(C)=O. The van der Waals surface area contributed by atoms with Crippen molar-refractivity contribution in [1.82, 2.24) is 0 Å². The Morgan fingerprint density at radius 2 is 1.67 bits per heavy atom. The molecular formula is C18H20ClN3O8. The van der Waals surface area contributed by atoms with Gasteiger partial charge in [-0.3, -0.25) is 14.4 Å². The monoisotopic (exact) mass is 441 g/mol. The van der Waals surface area contributed by atoms with E-state index < -0.39 is 48.6 Å². The van der Waals surface area contributed by atoms with Crippen LogP contribution in [-0.4, -0.2) is 55.2 Å². The minimum absolute atomic E-state index is 0.318. The fourth-order valence-electron chi connectivity index (χ4n) is 2.82. The van der Waals surface area contributed by atoms with Crippen molar-refractivity contribution in [1.29, 1.82) is 0 Å². The Labute approximate surface area is 176 Å². The lowest BCUT2D eigenvalue weighted by atomic mass is 9.96. The Balaban J connectivity index is 2.41. The Kier molecular flexibility index (Phi) is 8.28. The van der Waals surface area contributed by atoms with Crippen LogP contribution in [0.4, 0.5) is 0 Å². The predicted molar refractivity (Wildman–Crippen MR) is 101 cm³/mol. The molecule has 0 N–H and O–H groups in total. The molecule has 0 bridgehead atoms. The molecule has 11 nitrogen and oxygen atoms in total. The summed E-state index contributed by atoms with van der Waals surface area (Å²) in [5.41, 5.74) is 9.03. The van der Waals surface area contributed by atoms with Gasteiger partial charge in [0.25, 0.3) is 0 Å². The number of halogens is 1. The molecule has 1 fully saturated rings. The van der Waals surface area contributed by atoms with E-state index in [0.29, 0.717) is 10.8 Å². The van der Waals surface area contributed by atoms with Gasteiger partial charge >= 0.3 is 17.9 Å². The van der Waals surface area contributed by atoms with Crippen LogP contribution in [0.2, 0.25) is 5.02 Å². The first kappa shape index (κ1) is 23.3. The number of esters is 3. The van der Waals surface area contributed by atoms with Crippen molar-refractivity contribution in [2.45, 2.75) is 51.4 Å². The lowest BCUT2D eigenvalue weighted by Crippen LogP contribution is -2.61. The molecule has 0 amide bonds. The minimum atomic E-state index is -1.27. The molecule has 30 heavy (non-hydrogen) atoms. The van der Waals surface area contributed by atoms with Gasteiger partial charge in [0.2, 0.25) is 6.29 Å². The van der Waals surface area contributed by atoms with Crippen molar-refractivity contribution in [2.75, 3.05) is 6.61 Å². The Hall–Kier alpha value is -3.01. The Bertz CT molecular complexity index is 827. The van der Waals surface area contributed by atoms with Crippen LogP contribution in [-0.2, 0) is 33.3 Å². The number of nitrogens with zero attached hydrogens (tertiary/aromatic N) is 3. The maximum absolute atomic E-state index is 11.7. The van der Waals surface area contributed by atoms with Gasteiger partial charge in [0, 0.05) is 30.7 Å². The number of hydrogen-bond acceptors (Lipinski definition) is 9. The highest BCUT2D eigenvalue weighted by molar-refractivity contribution is 6.30. The summed E-state index contributed by atoms with van der Waals surface area (Å²) in [7, 11) is 0. The van der Waals surface area contributed by atoms with Crippen LogP contribution in [0.1, 0.15) is 20.8 Å². The molecule has 0 aliphatic carbocycles. The average molecular weight is 442 g/mol. The molecule has 1 aliphatic heterocycles. The van der Waals surface area contributed by atoms with Crippen LogP contribution in [0.25, 0.3) is 10.4 Å². The first-order valence-electron chi connectivity index (χ1n) is 8.81. The first-order chi connectivity index (χ1) is 14.2. The molecule has 1 aromatic carbocycles. The lowest BCUT2D eigenvalue weighted by molar-refractivity contribution is -0.259. The van der Waals surface area contributed by atoms with Gasteiger partial charge in [-0.2, -0.15) is 0 Å². The maximum atomic E-state index is 11.7. The molecule has 1 heterocycles. The Morgan fingerprint density at radius 1 is 1.07 bits per heavy atom. The van der Waals surface area contributed by atoms with E-state index in [1.165, 1.54) is 6.92 Å². The van der Waals surface area contributed by atoms with E-state index in [-0.39, 0.29) is 6.61 Å². The summed E-state index contributed by atoms with van der Waals surface area (Å²) >= 11 is 5.87. The summed E-state index contributed by atoms with van der Waals surface area (Å²) in [6, 6.07) is 5.04. The molecule has 5 atom stereocenters. The number of carbonyl (C=O) groups excluding carboxylic acids is 3. The van der Waals surface area contributed by atoms with Crippen molar-refractivity contribution in [3.05, 3.63) is 39.7 Å². The van der Waals surface area contributed by atoms with E-state index >= 15 is 0 Å². The van der Waals surface area contributed by atoms with E-state index in [0.717, 1.165) is 13.8 Å². The number of carbonyl (C=O) groups is 3. The summed E-state index contributed by atoms with van der Waals surface area (Å²) in [4.78, 5) is 37.3. The zero-order chi connectivity index (χ0) is 22.3. The summed E-state index contributed by atoms with van der Waals surface area (Å²) in [5, 5.41) is 4.11. The van der Waals surface area contributed by atoms with E-state index in [9.17, 15) is 14.4 Å². The summed E-state index contributed by atoms with van der Waals surface area (Å²) in [6.45, 7) is 3.17. The molecule has 1 saturated heterocycles. The quantitative estimate of drug-likeness (QED) is 0.206. The van der Waals surface area contributed by atoms with Crippen LogP contribution in [0.15, 0.2) is 29.4 Å². The van der Waals surface area contributed by atoms with Gasteiger partial charge in [-0.1, -0.05) is 16.7 Å². The highest BCUT2D eigenvalue weighted by atomic mass is 35.5. The third-order valence-electron chi connectivity index (χ3n) is 3.92. The van der Waals surface area contributed by atoms with Crippen molar-refractivity contribution < 1.29 is 38.1 Å². The largest absolute Gasteiger partial charge is 0.463 e. The van der Waals surface area contributed by atoms with E-state index in [1.54, 1.807) is 24.3 Å². The fourth-order valence-corrected chi connectivity index (χ4v) is 2.94. The number of azide groups is 1. The minimum Gasteiger partial charge on any atom is -0.463 e. The van der Waals surface area contributed by atoms with Gasteiger partial charge in [-0.25, -0.2) is 0 Å². The second kappa shape index (κ2) is 10.7. The van der Waals surface area contributed by atoms with Crippen molar-refractivity contribution in [3.63, 3.8) is 0 Å². The number of rotatable bonds is 7. The number of ether oxygens (including phenoxy) is 5. The van der Waals surface area contributed by atoms with Crippen molar-refractivity contribution >= 4 is 29.5 Å². The molecule has 0 saturated carbocycles. The molecule has 2 rings (SSSR count). The Morgan fingerprint density at radius 3 is 2.20 bits per heavy atom. The first-order valence-corrected chi connectivity index (χ1v) is 9.18. The fraction of sp³-hybridized carbons (Fsp3) is 0.500. The predicted octanol–water partition coefficient (Wildman–Crippen LogP) is 2.55. The summed E-state index contributed by atoms with van der Waals surface area (Å²) in [6.07, 6.45) is -4.78. The molecule has 0 radical (unpaired) electrons. The summed E-state index contributed by atoms with van der Waals surface area (Å²) in [5.74, 6) is -1.68. The molecule has 1 aliphatic rings. The average Bonchev–Trinajstić information content (AvgIpc) is 2.66. The zero-order valence-electron chi connectivity index (χ0n) is 16.4. The molecule has 12 heteroatoms. The second-order valence-electron chi connectivity index (χ2n) is 6.26. The van der Waals surface area contributed by atoms with Gasteiger partial charge in [0.15, 0.2) is 6.10 Å². The van der Waals surface area contributed by atoms with Crippen LogP contribution < -0.4 is 4.74 Å². The molecular weight excluding hydrogens is 422 g/mol. The third-order valence-corrected chi connectivity index (χ3v) is 4.17. The van der Waals surface area contributed by atoms with Crippen LogP contribution in [0, 0.1) is 0 Å². The normalized spacial score (nSPS) is 25.4. The summed E-state index contributed by atoms with van der Waals surface area (Å²) < 4.78 is 27.1. The van der Waals surface area contributed by atoms with Gasteiger partial charge in [-0.05, 0) is 29.8 Å². The molecule has 0 spiro atoms. The second-order valence-corrected chi connectivity index (χ2v) is 6.70. The van der Waals surface area contributed by atoms with Gasteiger partial charge in [-0.15, -0.1) is 0 Å². The zero-order valence-corrected chi connectivity index (χ0v) is 17.1. The number of benzene rings is 1. The molecule has 3 unspecified atom stereocenters. The highest BCUT2D eigenvalue weighted by Gasteiger charge is 2.51. The van der Waals surface area contributed by atoms with Crippen LogP contribution >= 0.6 is 11.6 Å².